The van der Waals surface area contributed by atoms with Crippen LogP contribution in [0.2, 0.25) is 5.02 Å². The zero-order chi connectivity index (χ0) is 20.4. The predicted octanol–water partition coefficient (Wildman–Crippen LogP) is 3.59. The topological polar surface area (TPSA) is 41.4 Å². The van der Waals surface area contributed by atoms with Crippen LogP contribution in [-0.2, 0) is 6.42 Å². The summed E-state index contributed by atoms with van der Waals surface area (Å²) in [5.74, 6) is -1.60. The molecule has 5 nitrogen and oxygen atoms in total. The van der Waals surface area contributed by atoms with Crippen LogP contribution in [0.1, 0.15) is 4.88 Å². The van der Waals surface area contributed by atoms with Gasteiger partial charge < -0.3 is 4.90 Å². The number of anilines is 1. The maximum absolute atomic E-state index is 14.0. The van der Waals surface area contributed by atoms with E-state index in [1.54, 1.807) is 11.3 Å². The van der Waals surface area contributed by atoms with Crippen LogP contribution in [0, 0.1) is 11.6 Å². The van der Waals surface area contributed by atoms with Crippen molar-refractivity contribution in [3.63, 3.8) is 0 Å². The summed E-state index contributed by atoms with van der Waals surface area (Å²) >= 11 is 8.07. The Hall–Kier alpha value is -2.29. The summed E-state index contributed by atoms with van der Waals surface area (Å²) in [5.41, 5.74) is -0.230. The molecule has 0 N–H and O–H groups in total. The van der Waals surface area contributed by atoms with Crippen LogP contribution in [-0.4, -0.2) is 47.4 Å². The van der Waals surface area contributed by atoms with E-state index >= 15 is 0 Å². The third kappa shape index (κ3) is 4.34. The molecule has 152 valence electrons. The molecule has 1 aliphatic heterocycles. The second-order valence-corrected chi connectivity index (χ2v) is 8.22. The van der Waals surface area contributed by atoms with E-state index in [0.29, 0.717) is 11.8 Å². The number of nitrogens with zero attached hydrogens (tertiary/aromatic N) is 4. The maximum atomic E-state index is 14.0. The lowest BCUT2D eigenvalue weighted by Gasteiger charge is -2.36. The largest absolute Gasteiger partial charge is 0.366 e. The summed E-state index contributed by atoms with van der Waals surface area (Å²) in [6.07, 6.45) is 2.49. The summed E-state index contributed by atoms with van der Waals surface area (Å²) in [6, 6.07) is 7.16. The van der Waals surface area contributed by atoms with Gasteiger partial charge in [-0.05, 0) is 30.0 Å². The second-order valence-electron chi connectivity index (χ2n) is 6.81. The number of benzene rings is 1. The van der Waals surface area contributed by atoms with E-state index in [1.807, 2.05) is 4.90 Å². The fourth-order valence-corrected chi connectivity index (χ4v) is 4.35. The third-order valence-corrected chi connectivity index (χ3v) is 6.30. The van der Waals surface area contributed by atoms with E-state index in [1.165, 1.54) is 17.1 Å². The van der Waals surface area contributed by atoms with E-state index in [-0.39, 0.29) is 10.7 Å². The van der Waals surface area contributed by atoms with Gasteiger partial charge in [0.25, 0.3) is 5.56 Å². The molecule has 1 saturated heterocycles. The highest BCUT2D eigenvalue weighted by Gasteiger charge is 2.22. The molecule has 0 radical (unpaired) electrons. The molecule has 0 spiro atoms. The molecule has 0 amide bonds. The van der Waals surface area contributed by atoms with E-state index < -0.39 is 17.2 Å². The van der Waals surface area contributed by atoms with Crippen LogP contribution in [0.5, 0.6) is 0 Å². The molecule has 4 rings (SSSR count). The number of hydrogen-bond acceptors (Lipinski definition) is 5. The Kier molecular flexibility index (Phi) is 5.94. The lowest BCUT2D eigenvalue weighted by Crippen LogP contribution is -2.47. The molecule has 0 saturated carbocycles. The van der Waals surface area contributed by atoms with Crippen LogP contribution < -0.4 is 10.5 Å². The van der Waals surface area contributed by atoms with E-state index in [9.17, 15) is 13.6 Å². The minimum absolute atomic E-state index is 0.0178. The van der Waals surface area contributed by atoms with Crippen molar-refractivity contribution in [3.05, 3.63) is 73.8 Å². The smallest absolute Gasteiger partial charge is 0.292 e. The highest BCUT2D eigenvalue weighted by molar-refractivity contribution is 7.09. The number of rotatable bonds is 5. The highest BCUT2D eigenvalue weighted by Crippen LogP contribution is 2.24. The van der Waals surface area contributed by atoms with E-state index in [0.717, 1.165) is 49.9 Å². The van der Waals surface area contributed by atoms with Gasteiger partial charge in [-0.3, -0.25) is 9.69 Å². The first-order valence-corrected chi connectivity index (χ1v) is 10.5. The van der Waals surface area contributed by atoms with Crippen LogP contribution >= 0.6 is 22.9 Å². The fraction of sp³-hybridized carbons (Fsp3) is 0.300. The number of aromatic nitrogens is 2. The Morgan fingerprint density at radius 1 is 1.10 bits per heavy atom. The monoisotopic (exact) mass is 436 g/mol. The van der Waals surface area contributed by atoms with Crippen molar-refractivity contribution in [3.8, 4) is 5.69 Å². The Morgan fingerprint density at radius 2 is 1.90 bits per heavy atom. The highest BCUT2D eigenvalue weighted by atomic mass is 35.5. The number of hydrogen-bond donors (Lipinski definition) is 0. The average Bonchev–Trinajstić information content (AvgIpc) is 3.23. The Bertz CT molecular complexity index is 1050. The predicted molar refractivity (Wildman–Crippen MR) is 111 cm³/mol. The van der Waals surface area contributed by atoms with Crippen LogP contribution in [0.4, 0.5) is 14.5 Å². The molecule has 9 heteroatoms. The Labute approximate surface area is 175 Å². The van der Waals surface area contributed by atoms with Crippen LogP contribution in [0.3, 0.4) is 0 Å². The zero-order valence-corrected chi connectivity index (χ0v) is 17.1. The molecule has 0 unspecified atom stereocenters. The molecule has 1 aliphatic rings. The van der Waals surface area contributed by atoms with Gasteiger partial charge in [0.05, 0.1) is 11.9 Å². The fourth-order valence-electron chi connectivity index (χ4n) is 3.40. The van der Waals surface area contributed by atoms with Crippen molar-refractivity contribution in [2.45, 2.75) is 6.42 Å². The molecule has 29 heavy (non-hydrogen) atoms. The van der Waals surface area contributed by atoms with E-state index in [2.05, 4.69) is 27.5 Å². The van der Waals surface area contributed by atoms with Gasteiger partial charge in [0.1, 0.15) is 16.5 Å². The molecule has 0 atom stereocenters. The summed E-state index contributed by atoms with van der Waals surface area (Å²) in [5, 5.41) is 6.14. The molecule has 1 aromatic carbocycles. The minimum Gasteiger partial charge on any atom is -0.366 e. The van der Waals surface area contributed by atoms with Gasteiger partial charge in [-0.1, -0.05) is 17.7 Å². The first-order chi connectivity index (χ1) is 14.0. The summed E-state index contributed by atoms with van der Waals surface area (Å²) in [7, 11) is 0. The van der Waals surface area contributed by atoms with Crippen molar-refractivity contribution in [2.75, 3.05) is 37.6 Å². The first-order valence-electron chi connectivity index (χ1n) is 9.26. The summed E-state index contributed by atoms with van der Waals surface area (Å²) in [4.78, 5) is 18.4. The van der Waals surface area contributed by atoms with Crippen molar-refractivity contribution in [2.24, 2.45) is 0 Å². The van der Waals surface area contributed by atoms with Gasteiger partial charge in [-0.25, -0.2) is 8.78 Å². The summed E-state index contributed by atoms with van der Waals surface area (Å²) < 4.78 is 28.0. The van der Waals surface area contributed by atoms with Crippen molar-refractivity contribution in [1.29, 1.82) is 0 Å². The quantitative estimate of drug-likeness (QED) is 0.613. The lowest BCUT2D eigenvalue weighted by atomic mass is 10.2. The average molecular weight is 437 g/mol. The van der Waals surface area contributed by atoms with Gasteiger partial charge in [-0.2, -0.15) is 9.78 Å². The minimum atomic E-state index is -0.872. The zero-order valence-electron chi connectivity index (χ0n) is 15.5. The standard InChI is InChI=1S/C20H19ClF2N4OS/c21-19-18(13-24-27(20(19)28)17-4-3-14(22)12-16(17)23)26-9-7-25(8-10-26)6-5-15-2-1-11-29-15/h1-4,11-13H,5-10H2. The van der Waals surface area contributed by atoms with Gasteiger partial charge in [0, 0.05) is 43.7 Å². The van der Waals surface area contributed by atoms with Crippen molar-refractivity contribution >= 4 is 28.6 Å². The van der Waals surface area contributed by atoms with Crippen LogP contribution in [0.15, 0.2) is 46.7 Å². The molecule has 2 aromatic heterocycles. The van der Waals surface area contributed by atoms with Crippen LogP contribution in [0.25, 0.3) is 5.69 Å². The van der Waals surface area contributed by atoms with Gasteiger partial charge >= 0.3 is 0 Å². The molecule has 1 fully saturated rings. The molecule has 3 aromatic rings. The maximum Gasteiger partial charge on any atom is 0.292 e. The van der Waals surface area contributed by atoms with Crippen molar-refractivity contribution < 1.29 is 8.78 Å². The van der Waals surface area contributed by atoms with Crippen molar-refractivity contribution in [1.82, 2.24) is 14.7 Å². The lowest BCUT2D eigenvalue weighted by molar-refractivity contribution is 0.261. The summed E-state index contributed by atoms with van der Waals surface area (Å²) in [6.45, 7) is 4.15. The molecule has 3 heterocycles. The normalized spacial score (nSPS) is 15.1. The number of halogens is 3. The Balaban J connectivity index is 1.46. The first kappa shape index (κ1) is 20.0. The molecular weight excluding hydrogens is 418 g/mol. The number of thiophene rings is 1. The molecule has 0 bridgehead atoms. The molecule has 0 aliphatic carbocycles. The van der Waals surface area contributed by atoms with Gasteiger partial charge in [0.2, 0.25) is 0 Å². The van der Waals surface area contributed by atoms with E-state index in [4.69, 9.17) is 11.6 Å². The van der Waals surface area contributed by atoms with Gasteiger partial charge in [0.15, 0.2) is 5.82 Å². The third-order valence-electron chi connectivity index (χ3n) is 5.01. The number of piperazine rings is 1. The molecular formula is C20H19ClF2N4OS. The SMILES string of the molecule is O=c1c(Cl)c(N2CCN(CCc3cccs3)CC2)cnn1-c1ccc(F)cc1F. The Morgan fingerprint density at radius 3 is 2.59 bits per heavy atom. The second kappa shape index (κ2) is 8.61. The van der Waals surface area contributed by atoms with Gasteiger partial charge in [-0.15, -0.1) is 11.3 Å².